The Hall–Kier alpha value is -2.82. The smallest absolute Gasteiger partial charge is 0.260 e. The Kier molecular flexibility index (Phi) is 5.95. The van der Waals surface area contributed by atoms with Gasteiger partial charge in [-0.3, -0.25) is 9.59 Å². The van der Waals surface area contributed by atoms with Gasteiger partial charge >= 0.3 is 0 Å². The molecule has 0 fully saturated rings. The summed E-state index contributed by atoms with van der Waals surface area (Å²) >= 11 is 0. The van der Waals surface area contributed by atoms with E-state index in [1.807, 2.05) is 50.2 Å². The van der Waals surface area contributed by atoms with Gasteiger partial charge in [0.05, 0.1) is 6.54 Å². The van der Waals surface area contributed by atoms with Crippen LogP contribution in [-0.2, 0) is 9.59 Å². The lowest BCUT2D eigenvalue weighted by Crippen LogP contribution is -2.37. The van der Waals surface area contributed by atoms with Crippen LogP contribution >= 0.6 is 0 Å². The molecule has 126 valence electrons. The van der Waals surface area contributed by atoms with E-state index in [4.69, 9.17) is 4.74 Å². The molecule has 2 rings (SSSR count). The Bertz CT molecular complexity index is 694. The molecule has 0 saturated carbocycles. The molecular formula is C19H22N2O3. The molecule has 0 aliphatic heterocycles. The highest BCUT2D eigenvalue weighted by Crippen LogP contribution is 2.19. The fourth-order valence-electron chi connectivity index (χ4n) is 2.27. The third-order valence-corrected chi connectivity index (χ3v) is 3.66. The normalized spacial score (nSPS) is 10.1. The van der Waals surface area contributed by atoms with Gasteiger partial charge in [0.15, 0.2) is 6.61 Å². The van der Waals surface area contributed by atoms with E-state index in [1.165, 1.54) is 4.90 Å². The molecule has 2 aromatic carbocycles. The first-order chi connectivity index (χ1) is 11.5. The number of carbonyl (C=O) groups excluding carboxylic acids is 2. The van der Waals surface area contributed by atoms with Crippen molar-refractivity contribution in [2.45, 2.75) is 13.8 Å². The number of amides is 2. The van der Waals surface area contributed by atoms with Crippen molar-refractivity contribution in [2.24, 2.45) is 0 Å². The van der Waals surface area contributed by atoms with Gasteiger partial charge in [-0.25, -0.2) is 0 Å². The first-order valence-corrected chi connectivity index (χ1v) is 7.75. The van der Waals surface area contributed by atoms with Crippen LogP contribution in [0.25, 0.3) is 0 Å². The lowest BCUT2D eigenvalue weighted by Gasteiger charge is -2.18. The molecule has 0 spiro atoms. The predicted molar refractivity (Wildman–Crippen MR) is 94.1 cm³/mol. The van der Waals surface area contributed by atoms with Crippen molar-refractivity contribution >= 4 is 17.5 Å². The number of ether oxygens (including phenoxy) is 1. The van der Waals surface area contributed by atoms with Crippen LogP contribution in [0.1, 0.15) is 11.1 Å². The van der Waals surface area contributed by atoms with Gasteiger partial charge in [-0.2, -0.15) is 0 Å². The van der Waals surface area contributed by atoms with Crippen LogP contribution in [-0.4, -0.2) is 36.9 Å². The standard InChI is InChI=1S/C19H22N2O3/c1-14-8-7-9-15(2)19(14)20-17(22)12-21(3)18(23)13-24-16-10-5-4-6-11-16/h4-11H,12-13H2,1-3H3,(H,20,22). The van der Waals surface area contributed by atoms with Gasteiger partial charge in [0.1, 0.15) is 5.75 Å². The maximum absolute atomic E-state index is 12.2. The third kappa shape index (κ3) is 4.84. The van der Waals surface area contributed by atoms with Gasteiger partial charge in [0.2, 0.25) is 5.91 Å². The fraction of sp³-hybridized carbons (Fsp3) is 0.263. The molecule has 0 unspecified atom stereocenters. The van der Waals surface area contributed by atoms with Crippen molar-refractivity contribution in [3.05, 3.63) is 59.7 Å². The number of nitrogens with zero attached hydrogens (tertiary/aromatic N) is 1. The van der Waals surface area contributed by atoms with Crippen molar-refractivity contribution in [1.82, 2.24) is 4.90 Å². The molecular weight excluding hydrogens is 304 g/mol. The van der Waals surface area contributed by atoms with Crippen LogP contribution in [0.5, 0.6) is 5.75 Å². The summed E-state index contributed by atoms with van der Waals surface area (Å²) in [7, 11) is 1.58. The summed E-state index contributed by atoms with van der Waals surface area (Å²) in [4.78, 5) is 25.6. The molecule has 0 bridgehead atoms. The van der Waals surface area contributed by atoms with Crippen molar-refractivity contribution < 1.29 is 14.3 Å². The molecule has 0 heterocycles. The van der Waals surface area contributed by atoms with E-state index >= 15 is 0 Å². The van der Waals surface area contributed by atoms with E-state index in [0.717, 1.165) is 16.8 Å². The Labute approximate surface area is 142 Å². The van der Waals surface area contributed by atoms with Crippen LogP contribution < -0.4 is 10.1 Å². The van der Waals surface area contributed by atoms with Gasteiger partial charge in [-0.1, -0.05) is 36.4 Å². The number of hydrogen-bond donors (Lipinski definition) is 1. The van der Waals surface area contributed by atoms with Crippen molar-refractivity contribution in [3.8, 4) is 5.75 Å². The van der Waals surface area contributed by atoms with Crippen LogP contribution in [0.3, 0.4) is 0 Å². The number of benzene rings is 2. The number of nitrogens with one attached hydrogen (secondary N) is 1. The van der Waals surface area contributed by atoms with E-state index in [0.29, 0.717) is 5.75 Å². The Morgan fingerprint density at radius 3 is 2.25 bits per heavy atom. The molecule has 1 N–H and O–H groups in total. The van der Waals surface area contributed by atoms with Crippen LogP contribution in [0.4, 0.5) is 5.69 Å². The van der Waals surface area contributed by atoms with E-state index in [-0.39, 0.29) is 25.0 Å². The lowest BCUT2D eigenvalue weighted by molar-refractivity contribution is -0.135. The lowest BCUT2D eigenvalue weighted by atomic mass is 10.1. The Morgan fingerprint density at radius 1 is 1.00 bits per heavy atom. The molecule has 0 aliphatic carbocycles. The minimum atomic E-state index is -0.254. The minimum Gasteiger partial charge on any atom is -0.484 e. The second-order valence-corrected chi connectivity index (χ2v) is 5.67. The molecule has 0 radical (unpaired) electrons. The minimum absolute atomic E-state index is 0.0231. The highest BCUT2D eigenvalue weighted by Gasteiger charge is 2.15. The topological polar surface area (TPSA) is 58.6 Å². The second kappa shape index (κ2) is 8.15. The number of aryl methyl sites for hydroxylation is 2. The molecule has 2 aromatic rings. The number of para-hydroxylation sites is 2. The largest absolute Gasteiger partial charge is 0.484 e. The van der Waals surface area contributed by atoms with Crippen molar-refractivity contribution in [1.29, 1.82) is 0 Å². The predicted octanol–water partition coefficient (Wildman–Crippen LogP) is 2.78. The number of anilines is 1. The quantitative estimate of drug-likeness (QED) is 0.888. The summed E-state index contributed by atoms with van der Waals surface area (Å²) in [6.07, 6.45) is 0. The summed E-state index contributed by atoms with van der Waals surface area (Å²) < 4.78 is 5.40. The highest BCUT2D eigenvalue weighted by atomic mass is 16.5. The molecule has 5 nitrogen and oxygen atoms in total. The van der Waals surface area contributed by atoms with Gasteiger partial charge in [0.25, 0.3) is 5.91 Å². The van der Waals surface area contributed by atoms with Gasteiger partial charge in [-0.15, -0.1) is 0 Å². The maximum atomic E-state index is 12.2. The fourth-order valence-corrected chi connectivity index (χ4v) is 2.27. The van der Waals surface area contributed by atoms with Crippen LogP contribution in [0.15, 0.2) is 48.5 Å². The van der Waals surface area contributed by atoms with Gasteiger partial charge < -0.3 is 15.0 Å². The summed E-state index contributed by atoms with van der Waals surface area (Å²) in [6, 6.07) is 14.9. The van der Waals surface area contributed by atoms with Crippen molar-refractivity contribution in [3.63, 3.8) is 0 Å². The zero-order valence-corrected chi connectivity index (χ0v) is 14.2. The van der Waals surface area contributed by atoms with Gasteiger partial charge in [0, 0.05) is 12.7 Å². The molecule has 0 aliphatic rings. The van der Waals surface area contributed by atoms with Crippen LogP contribution in [0, 0.1) is 13.8 Å². The van der Waals surface area contributed by atoms with Gasteiger partial charge in [-0.05, 0) is 37.1 Å². The highest BCUT2D eigenvalue weighted by molar-refractivity contribution is 5.95. The molecule has 0 saturated heterocycles. The molecule has 24 heavy (non-hydrogen) atoms. The van der Waals surface area contributed by atoms with Crippen molar-refractivity contribution in [2.75, 3.05) is 25.5 Å². The zero-order valence-electron chi connectivity index (χ0n) is 14.2. The van der Waals surface area contributed by atoms with Crippen LogP contribution in [0.2, 0.25) is 0 Å². The first kappa shape index (κ1) is 17.5. The average molecular weight is 326 g/mol. The SMILES string of the molecule is Cc1cccc(C)c1NC(=O)CN(C)C(=O)COc1ccccc1. The Morgan fingerprint density at radius 2 is 1.62 bits per heavy atom. The van der Waals surface area contributed by atoms with E-state index in [1.54, 1.807) is 19.2 Å². The van der Waals surface area contributed by atoms with E-state index < -0.39 is 0 Å². The first-order valence-electron chi connectivity index (χ1n) is 7.75. The average Bonchev–Trinajstić information content (AvgIpc) is 2.57. The number of carbonyl (C=O) groups is 2. The van der Waals surface area contributed by atoms with E-state index in [9.17, 15) is 9.59 Å². The molecule has 0 aromatic heterocycles. The third-order valence-electron chi connectivity index (χ3n) is 3.66. The maximum Gasteiger partial charge on any atom is 0.260 e. The monoisotopic (exact) mass is 326 g/mol. The second-order valence-electron chi connectivity index (χ2n) is 5.67. The molecule has 0 atom stereocenters. The summed E-state index contributed by atoms with van der Waals surface area (Å²) in [5.41, 5.74) is 2.78. The van der Waals surface area contributed by atoms with E-state index in [2.05, 4.69) is 5.32 Å². The summed E-state index contributed by atoms with van der Waals surface area (Å²) in [5.74, 6) is 0.137. The number of hydrogen-bond acceptors (Lipinski definition) is 3. The number of rotatable bonds is 6. The summed E-state index contributed by atoms with van der Waals surface area (Å²) in [5, 5.41) is 2.86. The molecule has 5 heteroatoms. The zero-order chi connectivity index (χ0) is 17.5. The Balaban J connectivity index is 1.85. The molecule has 2 amide bonds. The summed E-state index contributed by atoms with van der Waals surface area (Å²) in [6.45, 7) is 3.75. The number of likely N-dealkylation sites (N-methyl/N-ethyl adjacent to an activating group) is 1.